The van der Waals surface area contributed by atoms with Gasteiger partial charge < -0.3 is 10.2 Å². The maximum atomic E-state index is 8.94. The highest BCUT2D eigenvalue weighted by atomic mass is 15.1. The third-order valence-electron chi connectivity index (χ3n) is 2.94. The van der Waals surface area contributed by atoms with E-state index in [9.17, 15) is 0 Å². The van der Waals surface area contributed by atoms with Crippen molar-refractivity contribution in [1.29, 1.82) is 5.26 Å². The van der Waals surface area contributed by atoms with Crippen LogP contribution >= 0.6 is 0 Å². The average Bonchev–Trinajstić information content (AvgIpc) is 2.42. The number of nitriles is 1. The van der Waals surface area contributed by atoms with E-state index in [1.54, 1.807) is 0 Å². The topological polar surface area (TPSA) is 52.0 Å². The summed E-state index contributed by atoms with van der Waals surface area (Å²) in [7, 11) is 2.10. The highest BCUT2D eigenvalue weighted by Crippen LogP contribution is 2.00. The molecule has 4 heteroatoms. The molecule has 1 aromatic rings. The fourth-order valence-electron chi connectivity index (χ4n) is 1.79. The molecule has 0 aromatic carbocycles. The van der Waals surface area contributed by atoms with Crippen LogP contribution in [0.4, 0.5) is 0 Å². The molecule has 1 heterocycles. The normalized spacial score (nSPS) is 12.3. The van der Waals surface area contributed by atoms with Gasteiger partial charge in [0.1, 0.15) is 0 Å². The minimum atomic E-state index is -0.0293. The van der Waals surface area contributed by atoms with Crippen LogP contribution < -0.4 is 5.32 Å². The molecule has 18 heavy (non-hydrogen) atoms. The predicted molar refractivity (Wildman–Crippen MR) is 73.1 cm³/mol. The van der Waals surface area contributed by atoms with Crippen LogP contribution in [0.15, 0.2) is 24.5 Å². The van der Waals surface area contributed by atoms with Gasteiger partial charge >= 0.3 is 0 Å². The molecule has 0 radical (unpaired) electrons. The minimum Gasteiger partial charge on any atom is -0.306 e. The number of hydrogen-bond acceptors (Lipinski definition) is 4. The third kappa shape index (κ3) is 5.76. The smallest absolute Gasteiger partial charge is 0.0965 e. The van der Waals surface area contributed by atoms with Gasteiger partial charge in [-0.25, -0.2) is 0 Å². The van der Waals surface area contributed by atoms with Crippen LogP contribution in [0.2, 0.25) is 0 Å². The van der Waals surface area contributed by atoms with Crippen molar-refractivity contribution >= 4 is 0 Å². The standard InChI is InChI=1S/C14H22N4/c1-3-17-14(12-15)7-11-18(2)10-6-13-4-8-16-9-5-13/h4-5,8-9,14,17H,3,6-7,10-11H2,1-2H3. The van der Waals surface area contributed by atoms with Gasteiger partial charge in [0, 0.05) is 25.5 Å². The van der Waals surface area contributed by atoms with Gasteiger partial charge in [-0.15, -0.1) is 0 Å². The molecule has 1 N–H and O–H groups in total. The van der Waals surface area contributed by atoms with Crippen molar-refractivity contribution in [1.82, 2.24) is 15.2 Å². The van der Waals surface area contributed by atoms with E-state index in [2.05, 4.69) is 28.3 Å². The summed E-state index contributed by atoms with van der Waals surface area (Å²) >= 11 is 0. The van der Waals surface area contributed by atoms with E-state index < -0.39 is 0 Å². The maximum Gasteiger partial charge on any atom is 0.0965 e. The van der Waals surface area contributed by atoms with Gasteiger partial charge in [0.05, 0.1) is 12.1 Å². The van der Waals surface area contributed by atoms with Crippen molar-refractivity contribution in [3.05, 3.63) is 30.1 Å². The number of likely N-dealkylation sites (N-methyl/N-ethyl adjacent to an activating group) is 1. The lowest BCUT2D eigenvalue weighted by Gasteiger charge is -2.18. The summed E-state index contributed by atoms with van der Waals surface area (Å²) in [6.07, 6.45) is 5.55. The van der Waals surface area contributed by atoms with Gasteiger partial charge in [-0.05, 0) is 44.1 Å². The summed E-state index contributed by atoms with van der Waals surface area (Å²) in [5.41, 5.74) is 1.31. The number of pyridine rings is 1. The van der Waals surface area contributed by atoms with E-state index in [-0.39, 0.29) is 6.04 Å². The minimum absolute atomic E-state index is 0.0293. The Bertz CT molecular complexity index is 358. The Morgan fingerprint density at radius 3 is 2.72 bits per heavy atom. The van der Waals surface area contributed by atoms with Crippen LogP contribution in [0.5, 0.6) is 0 Å². The zero-order valence-electron chi connectivity index (χ0n) is 11.3. The summed E-state index contributed by atoms with van der Waals surface area (Å²) < 4.78 is 0. The van der Waals surface area contributed by atoms with Crippen LogP contribution in [-0.4, -0.2) is 42.6 Å². The number of rotatable bonds is 8. The predicted octanol–water partition coefficient (Wildman–Crippen LogP) is 1.45. The van der Waals surface area contributed by atoms with Crippen molar-refractivity contribution in [3.63, 3.8) is 0 Å². The Hall–Kier alpha value is -1.44. The largest absolute Gasteiger partial charge is 0.306 e. The second-order valence-corrected chi connectivity index (χ2v) is 4.44. The average molecular weight is 246 g/mol. The summed E-state index contributed by atoms with van der Waals surface area (Å²) in [5, 5.41) is 12.1. The van der Waals surface area contributed by atoms with Crippen molar-refractivity contribution in [3.8, 4) is 6.07 Å². The van der Waals surface area contributed by atoms with E-state index in [0.29, 0.717) is 0 Å². The molecule has 98 valence electrons. The summed E-state index contributed by atoms with van der Waals surface area (Å²) in [6.45, 7) is 4.82. The van der Waals surface area contributed by atoms with Gasteiger partial charge in [0.15, 0.2) is 0 Å². The summed E-state index contributed by atoms with van der Waals surface area (Å²) in [6, 6.07) is 6.35. The lowest BCUT2D eigenvalue weighted by Crippen LogP contribution is -2.32. The van der Waals surface area contributed by atoms with E-state index in [1.807, 2.05) is 31.5 Å². The molecule has 0 spiro atoms. The molecule has 0 aliphatic carbocycles. The second-order valence-electron chi connectivity index (χ2n) is 4.44. The molecule has 0 aliphatic rings. The van der Waals surface area contributed by atoms with E-state index in [4.69, 9.17) is 5.26 Å². The van der Waals surface area contributed by atoms with Crippen molar-refractivity contribution in [2.75, 3.05) is 26.7 Å². The molecule has 0 fully saturated rings. The number of hydrogen-bond donors (Lipinski definition) is 1. The molecule has 0 aliphatic heterocycles. The number of nitrogens with zero attached hydrogens (tertiary/aromatic N) is 3. The molecule has 0 amide bonds. The Kier molecular flexibility index (Phi) is 7.00. The van der Waals surface area contributed by atoms with Gasteiger partial charge in [0.2, 0.25) is 0 Å². The first-order valence-electron chi connectivity index (χ1n) is 6.46. The zero-order valence-corrected chi connectivity index (χ0v) is 11.3. The van der Waals surface area contributed by atoms with Crippen LogP contribution in [-0.2, 0) is 6.42 Å². The summed E-state index contributed by atoms with van der Waals surface area (Å²) in [4.78, 5) is 6.27. The Balaban J connectivity index is 2.21. The van der Waals surface area contributed by atoms with Crippen molar-refractivity contribution in [2.24, 2.45) is 0 Å². The fraction of sp³-hybridized carbons (Fsp3) is 0.571. The highest BCUT2D eigenvalue weighted by Gasteiger charge is 2.07. The monoisotopic (exact) mass is 246 g/mol. The van der Waals surface area contributed by atoms with Crippen molar-refractivity contribution in [2.45, 2.75) is 25.8 Å². The van der Waals surface area contributed by atoms with Gasteiger partial charge in [-0.1, -0.05) is 6.92 Å². The van der Waals surface area contributed by atoms with E-state index >= 15 is 0 Å². The second kappa shape index (κ2) is 8.62. The zero-order chi connectivity index (χ0) is 13.2. The number of nitrogens with one attached hydrogen (secondary N) is 1. The van der Waals surface area contributed by atoms with Crippen LogP contribution in [0.25, 0.3) is 0 Å². The molecule has 0 bridgehead atoms. The van der Waals surface area contributed by atoms with Gasteiger partial charge in [-0.3, -0.25) is 4.98 Å². The quantitative estimate of drug-likeness (QED) is 0.754. The fourth-order valence-corrected chi connectivity index (χ4v) is 1.79. The highest BCUT2D eigenvalue weighted by molar-refractivity contribution is 5.09. The molecular weight excluding hydrogens is 224 g/mol. The Morgan fingerprint density at radius 2 is 2.11 bits per heavy atom. The van der Waals surface area contributed by atoms with E-state index in [1.165, 1.54) is 5.56 Å². The molecule has 1 rings (SSSR count). The van der Waals surface area contributed by atoms with Crippen LogP contribution in [0, 0.1) is 11.3 Å². The summed E-state index contributed by atoms with van der Waals surface area (Å²) in [5.74, 6) is 0. The molecule has 0 saturated heterocycles. The van der Waals surface area contributed by atoms with Crippen LogP contribution in [0.3, 0.4) is 0 Å². The lowest BCUT2D eigenvalue weighted by molar-refractivity contribution is 0.322. The SMILES string of the molecule is CCNC(C#N)CCN(C)CCc1ccncc1. The first-order valence-corrected chi connectivity index (χ1v) is 6.46. The molecule has 4 nitrogen and oxygen atoms in total. The van der Waals surface area contributed by atoms with Crippen LogP contribution in [0.1, 0.15) is 18.9 Å². The molecule has 1 atom stereocenters. The Morgan fingerprint density at radius 1 is 1.39 bits per heavy atom. The molecular formula is C14H22N4. The van der Waals surface area contributed by atoms with E-state index in [0.717, 1.165) is 32.5 Å². The third-order valence-corrected chi connectivity index (χ3v) is 2.94. The Labute approximate surface area is 110 Å². The van der Waals surface area contributed by atoms with Crippen molar-refractivity contribution < 1.29 is 0 Å². The van der Waals surface area contributed by atoms with Gasteiger partial charge in [0.25, 0.3) is 0 Å². The number of aromatic nitrogens is 1. The first-order chi connectivity index (χ1) is 8.76. The molecule has 0 saturated carbocycles. The molecule has 1 aromatic heterocycles. The maximum absolute atomic E-state index is 8.94. The first kappa shape index (κ1) is 14.6. The van der Waals surface area contributed by atoms with Gasteiger partial charge in [-0.2, -0.15) is 5.26 Å². The molecule has 1 unspecified atom stereocenters. The lowest BCUT2D eigenvalue weighted by atomic mass is 10.2.